The van der Waals surface area contributed by atoms with Gasteiger partial charge in [0.2, 0.25) is 11.8 Å². The van der Waals surface area contributed by atoms with Crippen molar-refractivity contribution in [2.75, 3.05) is 18.0 Å². The lowest BCUT2D eigenvalue weighted by molar-refractivity contribution is -0.135. The summed E-state index contributed by atoms with van der Waals surface area (Å²) < 4.78 is 30.9. The quantitative estimate of drug-likeness (QED) is 0.788. The summed E-state index contributed by atoms with van der Waals surface area (Å²) in [5.41, 5.74) is 0.284. The maximum absolute atomic E-state index is 14.8. The Bertz CT molecular complexity index is 949. The summed E-state index contributed by atoms with van der Waals surface area (Å²) in [6, 6.07) is 1.05. The van der Waals surface area contributed by atoms with Crippen molar-refractivity contribution in [3.8, 4) is 0 Å². The van der Waals surface area contributed by atoms with Gasteiger partial charge in [-0.3, -0.25) is 14.9 Å². The van der Waals surface area contributed by atoms with E-state index in [0.29, 0.717) is 23.7 Å². The molecule has 2 amide bonds. The van der Waals surface area contributed by atoms with Crippen LogP contribution in [0.5, 0.6) is 0 Å². The summed E-state index contributed by atoms with van der Waals surface area (Å²) in [4.78, 5) is 25.6. The van der Waals surface area contributed by atoms with Crippen LogP contribution in [-0.2, 0) is 9.59 Å². The highest BCUT2D eigenvalue weighted by molar-refractivity contribution is 6.00. The lowest BCUT2D eigenvalue weighted by Gasteiger charge is -2.47. The van der Waals surface area contributed by atoms with Crippen LogP contribution in [0.1, 0.15) is 31.7 Å². The molecule has 2 N–H and O–H groups in total. The van der Waals surface area contributed by atoms with Crippen LogP contribution in [0, 0.1) is 11.6 Å². The Morgan fingerprint density at radius 1 is 1.11 bits per heavy atom. The van der Waals surface area contributed by atoms with Crippen molar-refractivity contribution >= 4 is 28.3 Å². The number of nitrogens with one attached hydrogen (secondary N) is 2. The van der Waals surface area contributed by atoms with Gasteiger partial charge in [0.25, 0.3) is 0 Å². The number of carbonyl (C=O) groups is 2. The van der Waals surface area contributed by atoms with Gasteiger partial charge in [-0.1, -0.05) is 0 Å². The minimum absolute atomic E-state index is 0.133. The van der Waals surface area contributed by atoms with Gasteiger partial charge in [0.05, 0.1) is 5.69 Å². The Morgan fingerprint density at radius 2 is 1.96 bits per heavy atom. The minimum Gasteiger partial charge on any atom is -0.363 e. The molecule has 1 aromatic carbocycles. The number of amides is 2. The number of fused-ring (bicyclic) bond motifs is 4. The first kappa shape index (κ1) is 16.7. The van der Waals surface area contributed by atoms with E-state index in [0.717, 1.165) is 19.4 Å². The molecule has 27 heavy (non-hydrogen) atoms. The molecule has 3 unspecified atom stereocenters. The number of halogens is 2. The van der Waals surface area contributed by atoms with Gasteiger partial charge in [-0.05, 0) is 25.3 Å². The van der Waals surface area contributed by atoms with E-state index < -0.39 is 17.7 Å². The molecular formula is C19H20F2N4O2. The molecule has 0 radical (unpaired) electrons. The van der Waals surface area contributed by atoms with Crippen LogP contribution in [0.3, 0.4) is 0 Å². The summed E-state index contributed by atoms with van der Waals surface area (Å²) in [6.07, 6.45) is 6.00. The number of nitrogens with zero attached hydrogens (tertiary/aromatic N) is 2. The molecule has 4 aliphatic heterocycles. The van der Waals surface area contributed by atoms with Crippen molar-refractivity contribution in [1.29, 1.82) is 0 Å². The number of imide groups is 1. The molecule has 2 aromatic rings. The van der Waals surface area contributed by atoms with E-state index in [4.69, 9.17) is 0 Å². The zero-order chi connectivity index (χ0) is 18.7. The van der Waals surface area contributed by atoms with Gasteiger partial charge in [0, 0.05) is 54.8 Å². The molecule has 142 valence electrons. The number of piperidine rings is 3. The largest absolute Gasteiger partial charge is 0.363 e. The maximum Gasteiger partial charge on any atom is 0.249 e. The zero-order valence-corrected chi connectivity index (χ0v) is 14.7. The highest BCUT2D eigenvalue weighted by Crippen LogP contribution is 2.38. The van der Waals surface area contributed by atoms with Gasteiger partial charge in [0.15, 0.2) is 11.6 Å². The molecule has 4 fully saturated rings. The summed E-state index contributed by atoms with van der Waals surface area (Å²) >= 11 is 0. The maximum atomic E-state index is 14.8. The Hall–Kier alpha value is -2.48. The van der Waals surface area contributed by atoms with Gasteiger partial charge in [-0.15, -0.1) is 0 Å². The second-order valence-corrected chi connectivity index (χ2v) is 7.68. The van der Waals surface area contributed by atoms with Gasteiger partial charge in [0.1, 0.15) is 6.04 Å². The molecule has 6 rings (SSSR count). The van der Waals surface area contributed by atoms with Crippen LogP contribution in [0.4, 0.5) is 14.5 Å². The van der Waals surface area contributed by atoms with E-state index in [1.54, 1.807) is 17.0 Å². The lowest BCUT2D eigenvalue weighted by atomic mass is 9.92. The first-order valence-corrected chi connectivity index (χ1v) is 9.34. The molecule has 0 saturated carbocycles. The number of anilines is 1. The molecule has 8 heteroatoms. The highest BCUT2D eigenvalue weighted by atomic mass is 19.2. The Morgan fingerprint density at radius 3 is 2.63 bits per heavy atom. The summed E-state index contributed by atoms with van der Waals surface area (Å²) in [7, 11) is 0. The second-order valence-electron chi connectivity index (χ2n) is 7.68. The van der Waals surface area contributed by atoms with Crippen molar-refractivity contribution in [2.24, 2.45) is 0 Å². The van der Waals surface area contributed by atoms with Crippen molar-refractivity contribution in [2.45, 2.75) is 43.8 Å². The topological polar surface area (TPSA) is 66.4 Å². The van der Waals surface area contributed by atoms with E-state index >= 15 is 0 Å². The molecule has 2 bridgehead atoms. The third-order valence-corrected chi connectivity index (χ3v) is 6.04. The number of rotatable bonds is 2. The molecule has 4 saturated heterocycles. The Kier molecular flexibility index (Phi) is 3.72. The van der Waals surface area contributed by atoms with E-state index in [-0.39, 0.29) is 36.0 Å². The molecule has 5 heterocycles. The summed E-state index contributed by atoms with van der Waals surface area (Å²) in [5.74, 6) is -2.39. The van der Waals surface area contributed by atoms with Crippen molar-refractivity contribution in [3.63, 3.8) is 0 Å². The average molecular weight is 374 g/mol. The normalized spacial score (nSPS) is 28.1. The molecule has 0 spiro atoms. The second kappa shape index (κ2) is 6.02. The molecule has 1 aromatic heterocycles. The average Bonchev–Trinajstić information content (AvgIpc) is 3.06. The van der Waals surface area contributed by atoms with Crippen LogP contribution in [-0.4, -0.2) is 41.6 Å². The first-order valence-electron chi connectivity index (χ1n) is 9.34. The molecule has 3 atom stereocenters. The molecule has 0 aliphatic carbocycles. The van der Waals surface area contributed by atoms with Crippen LogP contribution in [0.15, 0.2) is 18.5 Å². The predicted octanol–water partition coefficient (Wildman–Crippen LogP) is 1.84. The summed E-state index contributed by atoms with van der Waals surface area (Å²) in [5, 5.41) is 6.91. The van der Waals surface area contributed by atoms with Crippen LogP contribution >= 0.6 is 0 Å². The van der Waals surface area contributed by atoms with Gasteiger partial charge < -0.3 is 14.8 Å². The fraction of sp³-hybridized carbons (Fsp3) is 0.474. The first-order chi connectivity index (χ1) is 13.0. The number of hydrogen-bond acceptors (Lipinski definition) is 4. The standard InChI is InChI=1S/C19H20F2N4O2/c20-14-5-10-7-24(15-3-4-16(26)23-19(15)27)9-13(10)18(17(14)21)25-8-11-1-2-12(25)6-22-11/h5,7,9,11-12,15,22H,1-4,6,8H2,(H,23,26,27). The van der Waals surface area contributed by atoms with E-state index in [1.165, 1.54) is 6.07 Å². The third kappa shape index (κ3) is 2.62. The smallest absolute Gasteiger partial charge is 0.249 e. The predicted molar refractivity (Wildman–Crippen MR) is 95.4 cm³/mol. The summed E-state index contributed by atoms with van der Waals surface area (Å²) in [6.45, 7) is 1.40. The fourth-order valence-electron chi connectivity index (χ4n) is 4.65. The van der Waals surface area contributed by atoms with Gasteiger partial charge in [-0.25, -0.2) is 8.78 Å². The Balaban J connectivity index is 1.60. The Labute approximate surface area is 154 Å². The number of piperazine rings is 1. The SMILES string of the molecule is O=C1CCC(n2cc3cc(F)c(F)c(N4CC5CCC4CN5)c3c2)C(=O)N1. The van der Waals surface area contributed by atoms with Crippen molar-refractivity contribution in [3.05, 3.63) is 30.1 Å². The van der Waals surface area contributed by atoms with E-state index in [9.17, 15) is 18.4 Å². The lowest BCUT2D eigenvalue weighted by Crippen LogP contribution is -2.61. The van der Waals surface area contributed by atoms with Crippen LogP contribution < -0.4 is 15.5 Å². The minimum atomic E-state index is -0.882. The van der Waals surface area contributed by atoms with E-state index in [1.807, 2.05) is 4.90 Å². The molecule has 6 nitrogen and oxygen atoms in total. The van der Waals surface area contributed by atoms with Gasteiger partial charge >= 0.3 is 0 Å². The monoisotopic (exact) mass is 374 g/mol. The third-order valence-electron chi connectivity index (χ3n) is 6.04. The number of aromatic nitrogens is 1. The van der Waals surface area contributed by atoms with Gasteiger partial charge in [-0.2, -0.15) is 0 Å². The van der Waals surface area contributed by atoms with Crippen molar-refractivity contribution in [1.82, 2.24) is 15.2 Å². The van der Waals surface area contributed by atoms with E-state index in [2.05, 4.69) is 10.6 Å². The van der Waals surface area contributed by atoms with Crippen LogP contribution in [0.25, 0.3) is 10.8 Å². The van der Waals surface area contributed by atoms with Crippen LogP contribution in [0.2, 0.25) is 0 Å². The number of hydrogen-bond donors (Lipinski definition) is 2. The fourth-order valence-corrected chi connectivity index (χ4v) is 4.65. The molecular weight excluding hydrogens is 354 g/mol. The molecule has 4 aliphatic rings. The number of carbonyl (C=O) groups excluding carboxylic acids is 2. The zero-order valence-electron chi connectivity index (χ0n) is 14.7. The number of benzene rings is 1. The van der Waals surface area contributed by atoms with Crippen molar-refractivity contribution < 1.29 is 18.4 Å². The highest BCUT2D eigenvalue weighted by Gasteiger charge is 2.36.